The maximum absolute atomic E-state index is 13.1. The third-order valence-electron chi connectivity index (χ3n) is 4.83. The molecule has 7 heteroatoms. The number of benzene rings is 2. The molecular formula is C19H22BrClN2O2S. The number of hydrogen-bond donors (Lipinski definition) is 0. The fourth-order valence-corrected chi connectivity index (χ4v) is 5.48. The predicted octanol–water partition coefficient (Wildman–Crippen LogP) is 4.54. The number of nitrogens with zero attached hydrogens (tertiary/aromatic N) is 2. The van der Waals surface area contributed by atoms with Gasteiger partial charge in [-0.3, -0.25) is 0 Å². The Labute approximate surface area is 168 Å². The molecule has 0 bridgehead atoms. The lowest BCUT2D eigenvalue weighted by Gasteiger charge is -2.35. The molecule has 1 aliphatic rings. The molecule has 2 aromatic rings. The Hall–Kier alpha value is -1.08. The third-order valence-corrected chi connectivity index (χ3v) is 8.14. The number of hydrogen-bond acceptors (Lipinski definition) is 3. The van der Waals surface area contributed by atoms with Gasteiger partial charge in [0.2, 0.25) is 10.0 Å². The van der Waals surface area contributed by atoms with E-state index in [0.717, 1.165) is 31.9 Å². The van der Waals surface area contributed by atoms with Crippen LogP contribution in [0.5, 0.6) is 0 Å². The zero-order valence-corrected chi connectivity index (χ0v) is 18.2. The molecule has 0 spiro atoms. The highest BCUT2D eigenvalue weighted by molar-refractivity contribution is 9.10. The summed E-state index contributed by atoms with van der Waals surface area (Å²) in [5.41, 5.74) is 3.75. The van der Waals surface area contributed by atoms with Gasteiger partial charge >= 0.3 is 0 Å². The lowest BCUT2D eigenvalue weighted by atomic mass is 10.2. The molecule has 0 aliphatic carbocycles. The van der Waals surface area contributed by atoms with Gasteiger partial charge in [0.25, 0.3) is 0 Å². The van der Waals surface area contributed by atoms with Crippen LogP contribution in [-0.2, 0) is 10.0 Å². The number of aryl methyl sites for hydroxylation is 3. The lowest BCUT2D eigenvalue weighted by molar-refractivity contribution is 0.384. The molecule has 140 valence electrons. The summed E-state index contributed by atoms with van der Waals surface area (Å²) < 4.78 is 28.7. The fraction of sp³-hybridized carbons (Fsp3) is 0.368. The highest BCUT2D eigenvalue weighted by atomic mass is 79.9. The predicted molar refractivity (Wildman–Crippen MR) is 111 cm³/mol. The third kappa shape index (κ3) is 3.79. The van der Waals surface area contributed by atoms with Gasteiger partial charge in [0.15, 0.2) is 0 Å². The van der Waals surface area contributed by atoms with Gasteiger partial charge < -0.3 is 4.90 Å². The van der Waals surface area contributed by atoms with Gasteiger partial charge in [0.05, 0.1) is 4.90 Å². The molecule has 0 atom stereocenters. The Morgan fingerprint density at radius 2 is 1.58 bits per heavy atom. The van der Waals surface area contributed by atoms with Crippen molar-refractivity contribution in [3.05, 3.63) is 56.5 Å². The molecular weight excluding hydrogens is 436 g/mol. The molecule has 4 nitrogen and oxygen atoms in total. The molecule has 1 fully saturated rings. The van der Waals surface area contributed by atoms with Gasteiger partial charge in [0, 0.05) is 41.4 Å². The number of halogens is 2. The molecule has 0 amide bonds. The zero-order chi connectivity index (χ0) is 19.1. The largest absolute Gasteiger partial charge is 0.369 e. The zero-order valence-electron chi connectivity index (χ0n) is 15.1. The summed E-state index contributed by atoms with van der Waals surface area (Å²) in [6, 6.07) is 9.60. The van der Waals surface area contributed by atoms with Gasteiger partial charge in [-0.25, -0.2) is 8.42 Å². The van der Waals surface area contributed by atoms with Crippen LogP contribution in [-0.4, -0.2) is 38.9 Å². The number of rotatable bonds is 3. The van der Waals surface area contributed by atoms with E-state index in [-0.39, 0.29) is 0 Å². The van der Waals surface area contributed by atoms with E-state index in [2.05, 4.69) is 20.8 Å². The maximum atomic E-state index is 13.1. The van der Waals surface area contributed by atoms with Crippen LogP contribution in [0, 0.1) is 20.8 Å². The van der Waals surface area contributed by atoms with E-state index in [1.807, 2.05) is 45.0 Å². The monoisotopic (exact) mass is 456 g/mol. The maximum Gasteiger partial charge on any atom is 0.243 e. The second kappa shape index (κ2) is 7.50. The quantitative estimate of drug-likeness (QED) is 0.679. The van der Waals surface area contributed by atoms with Crippen LogP contribution >= 0.6 is 27.5 Å². The summed E-state index contributed by atoms with van der Waals surface area (Å²) in [7, 11) is -3.49. The molecule has 0 unspecified atom stereocenters. The summed E-state index contributed by atoms with van der Waals surface area (Å²) in [6.45, 7) is 7.92. The van der Waals surface area contributed by atoms with Crippen molar-refractivity contribution in [1.82, 2.24) is 4.31 Å². The Morgan fingerprint density at radius 3 is 2.19 bits per heavy atom. The van der Waals surface area contributed by atoms with Crippen molar-refractivity contribution in [3.63, 3.8) is 0 Å². The summed E-state index contributed by atoms with van der Waals surface area (Å²) >= 11 is 9.68. The highest BCUT2D eigenvalue weighted by Crippen LogP contribution is 2.29. The molecule has 0 aromatic heterocycles. The fourth-order valence-electron chi connectivity index (χ4n) is 3.14. The Morgan fingerprint density at radius 1 is 0.923 bits per heavy atom. The van der Waals surface area contributed by atoms with Crippen molar-refractivity contribution in [2.45, 2.75) is 25.7 Å². The molecule has 0 radical (unpaired) electrons. The first kappa shape index (κ1) is 19.7. The van der Waals surface area contributed by atoms with Crippen LogP contribution in [0.1, 0.15) is 16.7 Å². The average molecular weight is 458 g/mol. The molecule has 2 aromatic carbocycles. The second-order valence-corrected chi connectivity index (χ2v) is 9.86. The molecule has 1 aliphatic heterocycles. The molecule has 3 rings (SSSR count). The average Bonchev–Trinajstić information content (AvgIpc) is 2.60. The number of piperazine rings is 1. The minimum absolute atomic E-state index is 0.394. The Bertz CT molecular complexity index is 939. The van der Waals surface area contributed by atoms with E-state index < -0.39 is 10.0 Å². The van der Waals surface area contributed by atoms with Crippen LogP contribution < -0.4 is 4.90 Å². The minimum Gasteiger partial charge on any atom is -0.369 e. The molecule has 0 N–H and O–H groups in total. The standard InChI is InChI=1S/C19H22BrClN2O2S/c1-13-4-5-16(12-18(13)21)22-6-8-23(9-7-22)26(24,25)19-11-14(2)17(20)10-15(19)3/h4-5,10-12H,6-9H2,1-3H3. The molecule has 0 saturated carbocycles. The van der Waals surface area contributed by atoms with E-state index in [1.165, 1.54) is 0 Å². The molecule has 1 heterocycles. The van der Waals surface area contributed by atoms with Gasteiger partial charge in [0.1, 0.15) is 0 Å². The van der Waals surface area contributed by atoms with Crippen molar-refractivity contribution in [2.75, 3.05) is 31.1 Å². The SMILES string of the molecule is Cc1ccc(N2CCN(S(=O)(=O)c3cc(C)c(Br)cc3C)CC2)cc1Cl. The van der Waals surface area contributed by atoms with Crippen LogP contribution in [0.25, 0.3) is 0 Å². The summed E-state index contributed by atoms with van der Waals surface area (Å²) in [6.07, 6.45) is 0. The molecule has 26 heavy (non-hydrogen) atoms. The van der Waals surface area contributed by atoms with Gasteiger partial charge in [-0.05, 0) is 61.7 Å². The van der Waals surface area contributed by atoms with Crippen LogP contribution in [0.2, 0.25) is 5.02 Å². The van der Waals surface area contributed by atoms with Gasteiger partial charge in [-0.15, -0.1) is 0 Å². The van der Waals surface area contributed by atoms with E-state index >= 15 is 0 Å². The topological polar surface area (TPSA) is 40.6 Å². The first-order valence-corrected chi connectivity index (χ1v) is 11.1. The van der Waals surface area contributed by atoms with E-state index in [4.69, 9.17) is 11.6 Å². The van der Waals surface area contributed by atoms with Crippen molar-refractivity contribution in [1.29, 1.82) is 0 Å². The summed E-state index contributed by atoms with van der Waals surface area (Å²) in [5, 5.41) is 0.735. The van der Waals surface area contributed by atoms with Crippen molar-refractivity contribution < 1.29 is 8.42 Å². The Balaban J connectivity index is 1.78. The first-order valence-electron chi connectivity index (χ1n) is 8.48. The van der Waals surface area contributed by atoms with Crippen molar-refractivity contribution in [3.8, 4) is 0 Å². The van der Waals surface area contributed by atoms with Crippen LogP contribution in [0.15, 0.2) is 39.7 Å². The lowest BCUT2D eigenvalue weighted by Crippen LogP contribution is -2.48. The minimum atomic E-state index is -3.49. The van der Waals surface area contributed by atoms with E-state index in [0.29, 0.717) is 31.1 Å². The van der Waals surface area contributed by atoms with E-state index in [1.54, 1.807) is 10.4 Å². The summed E-state index contributed by atoms with van der Waals surface area (Å²) in [5.74, 6) is 0. The summed E-state index contributed by atoms with van der Waals surface area (Å²) in [4.78, 5) is 2.57. The van der Waals surface area contributed by atoms with Crippen molar-refractivity contribution in [2.24, 2.45) is 0 Å². The van der Waals surface area contributed by atoms with Crippen LogP contribution in [0.4, 0.5) is 5.69 Å². The second-order valence-electron chi connectivity index (χ2n) is 6.69. The van der Waals surface area contributed by atoms with E-state index in [9.17, 15) is 8.42 Å². The Kier molecular flexibility index (Phi) is 5.68. The highest BCUT2D eigenvalue weighted by Gasteiger charge is 2.30. The number of anilines is 1. The van der Waals surface area contributed by atoms with Crippen molar-refractivity contribution >= 4 is 43.2 Å². The van der Waals surface area contributed by atoms with Crippen LogP contribution in [0.3, 0.4) is 0 Å². The number of sulfonamides is 1. The normalized spacial score (nSPS) is 16.1. The van der Waals surface area contributed by atoms with Gasteiger partial charge in [-0.2, -0.15) is 4.31 Å². The van der Waals surface area contributed by atoms with Gasteiger partial charge in [-0.1, -0.05) is 33.6 Å². The molecule has 1 saturated heterocycles. The smallest absolute Gasteiger partial charge is 0.243 e. The first-order chi connectivity index (χ1) is 12.2.